The molecule has 1 fully saturated rings. The maximum Gasteiger partial charge on any atom is 0.308 e. The molecule has 0 amide bonds. The van der Waals surface area contributed by atoms with Gasteiger partial charge in [0.1, 0.15) is 11.7 Å². The van der Waals surface area contributed by atoms with E-state index in [2.05, 4.69) is 40.7 Å². The molecule has 0 radical (unpaired) electrons. The van der Waals surface area contributed by atoms with Crippen LogP contribution < -0.4 is 0 Å². The first-order valence-electron chi connectivity index (χ1n) is 11.0. The summed E-state index contributed by atoms with van der Waals surface area (Å²) in [4.78, 5) is 22.2. The minimum absolute atomic E-state index is 0.323. The van der Waals surface area contributed by atoms with Gasteiger partial charge >= 0.3 is 5.97 Å². The smallest absolute Gasteiger partial charge is 0.308 e. The standard InChI is InChI=1S/C24H40O4/c1-17(11-12-20-18(2)10-8-14-23(20,4)5)9-7-15-24(6)16-13-21(27-28-24)19(3)22(25)26/h9,19,21H,7-8,10-16H2,1-6H3,(H,25,26). The molecular weight excluding hydrogens is 352 g/mol. The molecule has 0 spiro atoms. The van der Waals surface area contributed by atoms with Crippen LogP contribution in [0.1, 0.15) is 99.3 Å². The Morgan fingerprint density at radius 3 is 2.61 bits per heavy atom. The summed E-state index contributed by atoms with van der Waals surface area (Å²) in [6, 6.07) is 0. The van der Waals surface area contributed by atoms with E-state index in [0.717, 1.165) is 32.1 Å². The zero-order chi connectivity index (χ0) is 20.9. The van der Waals surface area contributed by atoms with E-state index in [-0.39, 0.29) is 11.7 Å². The van der Waals surface area contributed by atoms with Crippen LogP contribution in [0.4, 0.5) is 0 Å². The van der Waals surface area contributed by atoms with Crippen LogP contribution in [-0.2, 0) is 14.6 Å². The highest BCUT2D eigenvalue weighted by Gasteiger charge is 2.37. The van der Waals surface area contributed by atoms with Gasteiger partial charge in [-0.2, -0.15) is 0 Å². The number of carbonyl (C=O) groups is 1. The Bertz CT molecular complexity index is 606. The fraction of sp³-hybridized carbons (Fsp3) is 0.792. The molecule has 160 valence electrons. The van der Waals surface area contributed by atoms with E-state index in [0.29, 0.717) is 5.41 Å². The van der Waals surface area contributed by atoms with Crippen LogP contribution in [0, 0.1) is 11.3 Å². The molecule has 1 aliphatic heterocycles. The van der Waals surface area contributed by atoms with Crippen molar-refractivity contribution >= 4 is 5.97 Å². The Hall–Kier alpha value is -1.13. The van der Waals surface area contributed by atoms with Gasteiger partial charge in [0.25, 0.3) is 0 Å². The predicted molar refractivity (Wildman–Crippen MR) is 113 cm³/mol. The lowest BCUT2D eigenvalue weighted by Crippen LogP contribution is -2.41. The van der Waals surface area contributed by atoms with E-state index in [9.17, 15) is 4.79 Å². The van der Waals surface area contributed by atoms with Gasteiger partial charge in [0.05, 0.1) is 5.92 Å². The Morgan fingerprint density at radius 2 is 2.04 bits per heavy atom. The second-order valence-corrected chi connectivity index (χ2v) is 9.92. The topological polar surface area (TPSA) is 55.8 Å². The molecule has 1 aliphatic carbocycles. The number of rotatable bonds is 8. The largest absolute Gasteiger partial charge is 0.481 e. The van der Waals surface area contributed by atoms with Crippen molar-refractivity contribution in [3.8, 4) is 0 Å². The molecule has 3 atom stereocenters. The van der Waals surface area contributed by atoms with Crippen molar-refractivity contribution < 1.29 is 19.7 Å². The monoisotopic (exact) mass is 392 g/mol. The molecule has 0 aromatic heterocycles. The summed E-state index contributed by atoms with van der Waals surface area (Å²) in [7, 11) is 0. The fourth-order valence-electron chi connectivity index (χ4n) is 4.65. The zero-order valence-electron chi connectivity index (χ0n) is 18.8. The Kier molecular flexibility index (Phi) is 7.92. The molecule has 28 heavy (non-hydrogen) atoms. The first-order chi connectivity index (χ1) is 13.0. The van der Waals surface area contributed by atoms with Crippen LogP contribution in [0.2, 0.25) is 0 Å². The summed E-state index contributed by atoms with van der Waals surface area (Å²) >= 11 is 0. The van der Waals surface area contributed by atoms with Crippen LogP contribution >= 0.6 is 0 Å². The van der Waals surface area contributed by atoms with Crippen molar-refractivity contribution in [1.29, 1.82) is 0 Å². The number of carboxylic acids is 1. The van der Waals surface area contributed by atoms with Crippen molar-refractivity contribution in [2.75, 3.05) is 0 Å². The number of hydrogen-bond acceptors (Lipinski definition) is 3. The van der Waals surface area contributed by atoms with Gasteiger partial charge in [-0.25, -0.2) is 9.78 Å². The number of allylic oxidation sites excluding steroid dienone is 4. The van der Waals surface area contributed by atoms with Gasteiger partial charge in [-0.1, -0.05) is 36.6 Å². The van der Waals surface area contributed by atoms with Gasteiger partial charge in [0, 0.05) is 0 Å². The first kappa shape index (κ1) is 23.2. The molecule has 0 aromatic rings. The third-order valence-corrected chi connectivity index (χ3v) is 6.90. The van der Waals surface area contributed by atoms with E-state index in [1.54, 1.807) is 18.1 Å². The highest BCUT2D eigenvalue weighted by molar-refractivity contribution is 5.70. The Labute approximate surface area is 171 Å². The van der Waals surface area contributed by atoms with Crippen LogP contribution in [0.15, 0.2) is 22.8 Å². The van der Waals surface area contributed by atoms with E-state index in [4.69, 9.17) is 14.9 Å². The van der Waals surface area contributed by atoms with Crippen LogP contribution in [0.25, 0.3) is 0 Å². The summed E-state index contributed by atoms with van der Waals surface area (Å²) in [6.07, 6.45) is 11.6. The minimum atomic E-state index is -0.831. The molecule has 2 rings (SSSR count). The maximum atomic E-state index is 11.1. The van der Waals surface area contributed by atoms with Crippen LogP contribution in [0.5, 0.6) is 0 Å². The van der Waals surface area contributed by atoms with Crippen molar-refractivity contribution in [3.05, 3.63) is 22.8 Å². The highest BCUT2D eigenvalue weighted by atomic mass is 17.2. The van der Waals surface area contributed by atoms with E-state index < -0.39 is 11.9 Å². The van der Waals surface area contributed by atoms with E-state index >= 15 is 0 Å². The molecular formula is C24H40O4. The van der Waals surface area contributed by atoms with Gasteiger partial charge in [0.2, 0.25) is 0 Å². The average Bonchev–Trinajstić information content (AvgIpc) is 2.60. The van der Waals surface area contributed by atoms with E-state index in [1.807, 2.05) is 0 Å². The summed E-state index contributed by atoms with van der Waals surface area (Å²) < 4.78 is 0. The average molecular weight is 393 g/mol. The fourth-order valence-corrected chi connectivity index (χ4v) is 4.65. The lowest BCUT2D eigenvalue weighted by molar-refractivity contribution is -0.411. The lowest BCUT2D eigenvalue weighted by atomic mass is 9.71. The van der Waals surface area contributed by atoms with Crippen LogP contribution in [-0.4, -0.2) is 22.8 Å². The third-order valence-electron chi connectivity index (χ3n) is 6.90. The first-order valence-corrected chi connectivity index (χ1v) is 11.0. The van der Waals surface area contributed by atoms with Gasteiger partial charge in [-0.3, -0.25) is 4.79 Å². The summed E-state index contributed by atoms with van der Waals surface area (Å²) in [5, 5.41) is 9.11. The van der Waals surface area contributed by atoms with Crippen molar-refractivity contribution in [3.63, 3.8) is 0 Å². The molecule has 2 aliphatic rings. The zero-order valence-corrected chi connectivity index (χ0v) is 18.8. The van der Waals surface area contributed by atoms with Gasteiger partial charge in [-0.05, 0) is 90.9 Å². The molecule has 3 unspecified atom stereocenters. The third kappa shape index (κ3) is 6.18. The Morgan fingerprint density at radius 1 is 1.32 bits per heavy atom. The van der Waals surface area contributed by atoms with Gasteiger partial charge in [-0.15, -0.1) is 0 Å². The normalized spacial score (nSPS) is 29.6. The van der Waals surface area contributed by atoms with E-state index in [1.165, 1.54) is 31.3 Å². The highest BCUT2D eigenvalue weighted by Crippen LogP contribution is 2.42. The lowest BCUT2D eigenvalue weighted by Gasteiger charge is -2.37. The molecule has 4 heteroatoms. The number of hydrogen-bond donors (Lipinski definition) is 1. The molecule has 0 aromatic carbocycles. The second-order valence-electron chi connectivity index (χ2n) is 9.92. The summed E-state index contributed by atoms with van der Waals surface area (Å²) in [5.41, 5.74) is 4.75. The molecule has 4 nitrogen and oxygen atoms in total. The molecule has 0 bridgehead atoms. The maximum absolute atomic E-state index is 11.1. The number of carboxylic acid groups (broad SMARTS) is 1. The van der Waals surface area contributed by atoms with Crippen LogP contribution in [0.3, 0.4) is 0 Å². The summed E-state index contributed by atoms with van der Waals surface area (Å²) in [6.45, 7) is 13.1. The van der Waals surface area contributed by atoms with Crippen molar-refractivity contribution in [2.24, 2.45) is 11.3 Å². The second kappa shape index (κ2) is 9.58. The molecule has 1 heterocycles. The van der Waals surface area contributed by atoms with Crippen molar-refractivity contribution in [1.82, 2.24) is 0 Å². The Balaban J connectivity index is 1.79. The molecule has 1 N–H and O–H groups in total. The van der Waals surface area contributed by atoms with Gasteiger partial charge < -0.3 is 5.11 Å². The van der Waals surface area contributed by atoms with Crippen molar-refractivity contribution in [2.45, 2.75) is 111 Å². The number of aliphatic carboxylic acids is 1. The molecule has 0 saturated carbocycles. The quantitative estimate of drug-likeness (QED) is 0.373. The molecule has 1 saturated heterocycles. The van der Waals surface area contributed by atoms with Gasteiger partial charge in [0.15, 0.2) is 0 Å². The SMILES string of the molecule is CC(=CCCC1(C)CCC(C(C)C(=O)O)OO1)CCC1=C(C)CCCC1(C)C. The predicted octanol–water partition coefficient (Wildman–Crippen LogP) is 6.61. The minimum Gasteiger partial charge on any atom is -0.481 e. The summed E-state index contributed by atoms with van der Waals surface area (Å²) in [5.74, 6) is -1.37.